The number of carbonyl (C=O) groups excluding carboxylic acids is 1. The number of hydrogen-bond acceptors (Lipinski definition) is 2. The Morgan fingerprint density at radius 1 is 1.38 bits per heavy atom. The molecule has 114 valence electrons. The highest BCUT2D eigenvalue weighted by molar-refractivity contribution is 6.31. The number of amides is 1. The molecule has 1 amide bonds. The number of benzene rings is 1. The van der Waals surface area contributed by atoms with Crippen LogP contribution in [-0.2, 0) is 11.3 Å². The van der Waals surface area contributed by atoms with Crippen molar-refractivity contribution in [3.05, 3.63) is 34.6 Å². The van der Waals surface area contributed by atoms with Crippen LogP contribution in [0, 0.1) is 11.7 Å². The molecule has 5 heteroatoms. The highest BCUT2D eigenvalue weighted by Gasteiger charge is 2.32. The number of halogens is 2. The van der Waals surface area contributed by atoms with E-state index in [1.54, 1.807) is 12.1 Å². The van der Waals surface area contributed by atoms with Crippen LogP contribution in [0.2, 0.25) is 5.02 Å². The third-order valence-electron chi connectivity index (χ3n) is 4.24. The van der Waals surface area contributed by atoms with Crippen molar-refractivity contribution in [3.8, 4) is 0 Å². The molecule has 1 aromatic rings. The highest BCUT2D eigenvalue weighted by Crippen LogP contribution is 2.29. The minimum atomic E-state index is -0.258. The van der Waals surface area contributed by atoms with Gasteiger partial charge in [-0.05, 0) is 44.4 Å². The first kappa shape index (κ1) is 14.8. The van der Waals surface area contributed by atoms with Crippen molar-refractivity contribution in [2.75, 3.05) is 13.1 Å². The lowest BCUT2D eigenvalue weighted by molar-refractivity contribution is -0.123. The normalized spacial score (nSPS) is 23.0. The molecule has 3 nitrogen and oxygen atoms in total. The summed E-state index contributed by atoms with van der Waals surface area (Å²) in [6.45, 7) is 2.19. The average Bonchev–Trinajstić information content (AvgIpc) is 3.28. The Kier molecular flexibility index (Phi) is 4.45. The van der Waals surface area contributed by atoms with E-state index in [1.165, 1.54) is 6.07 Å². The number of rotatable bonds is 4. The maximum absolute atomic E-state index is 13.8. The Bertz CT molecular complexity index is 513. The first-order valence-electron chi connectivity index (χ1n) is 7.59. The van der Waals surface area contributed by atoms with Crippen LogP contribution in [0.1, 0.15) is 31.2 Å². The first-order chi connectivity index (χ1) is 10.1. The molecule has 1 saturated heterocycles. The molecule has 1 N–H and O–H groups in total. The van der Waals surface area contributed by atoms with Crippen LogP contribution in [0.4, 0.5) is 4.39 Å². The van der Waals surface area contributed by atoms with Gasteiger partial charge < -0.3 is 5.32 Å². The van der Waals surface area contributed by atoms with Crippen molar-refractivity contribution in [2.24, 2.45) is 5.92 Å². The molecule has 3 rings (SSSR count). The predicted octanol–water partition coefficient (Wildman–Crippen LogP) is 2.97. The summed E-state index contributed by atoms with van der Waals surface area (Å²) in [5, 5.41) is 3.59. The lowest BCUT2D eigenvalue weighted by Crippen LogP contribution is -2.47. The van der Waals surface area contributed by atoms with Gasteiger partial charge >= 0.3 is 0 Å². The van der Waals surface area contributed by atoms with Gasteiger partial charge in [0.05, 0.1) is 0 Å². The molecule has 0 radical (unpaired) electrons. The molecule has 2 aliphatic rings. The first-order valence-corrected chi connectivity index (χ1v) is 7.97. The molecule has 1 heterocycles. The molecule has 0 aromatic heterocycles. The van der Waals surface area contributed by atoms with Gasteiger partial charge in [0, 0.05) is 35.6 Å². The summed E-state index contributed by atoms with van der Waals surface area (Å²) in [6.07, 6.45) is 4.06. The average molecular weight is 311 g/mol. The van der Waals surface area contributed by atoms with Crippen LogP contribution in [-0.4, -0.2) is 29.9 Å². The van der Waals surface area contributed by atoms with Crippen molar-refractivity contribution in [3.63, 3.8) is 0 Å². The van der Waals surface area contributed by atoms with Gasteiger partial charge in [-0.25, -0.2) is 4.39 Å². The fourth-order valence-electron chi connectivity index (χ4n) is 2.89. The molecule has 2 fully saturated rings. The van der Waals surface area contributed by atoms with Crippen LogP contribution in [0.15, 0.2) is 18.2 Å². The molecule has 1 aromatic carbocycles. The van der Waals surface area contributed by atoms with E-state index in [9.17, 15) is 9.18 Å². The standard InChI is InChI=1S/C16H20ClFN2O/c17-14-4-1-5-15(18)13(14)10-20-8-2-3-12(9-20)19-16(21)11-6-7-11/h1,4-5,11-12H,2-3,6-10H2,(H,19,21). The Hall–Kier alpha value is -1.13. The van der Waals surface area contributed by atoms with E-state index < -0.39 is 0 Å². The smallest absolute Gasteiger partial charge is 0.223 e. The molecule has 1 atom stereocenters. The molecule has 1 saturated carbocycles. The quantitative estimate of drug-likeness (QED) is 0.927. The SMILES string of the molecule is O=C(NC1CCCN(Cc2c(F)cccc2Cl)C1)C1CC1. The molecule has 1 aliphatic heterocycles. The second kappa shape index (κ2) is 6.32. The van der Waals surface area contributed by atoms with E-state index in [2.05, 4.69) is 10.2 Å². The molecule has 0 spiro atoms. The fourth-order valence-corrected chi connectivity index (χ4v) is 3.11. The van der Waals surface area contributed by atoms with E-state index in [0.29, 0.717) is 17.1 Å². The van der Waals surface area contributed by atoms with Gasteiger partial charge in [-0.1, -0.05) is 17.7 Å². The predicted molar refractivity (Wildman–Crippen MR) is 80.6 cm³/mol. The lowest BCUT2D eigenvalue weighted by atomic mass is 10.0. The molecule has 21 heavy (non-hydrogen) atoms. The molecular weight excluding hydrogens is 291 g/mol. The zero-order valence-electron chi connectivity index (χ0n) is 11.9. The van der Waals surface area contributed by atoms with Gasteiger partial charge in [-0.2, -0.15) is 0 Å². The monoisotopic (exact) mass is 310 g/mol. The Labute approximate surface area is 129 Å². The largest absolute Gasteiger partial charge is 0.352 e. The summed E-state index contributed by atoms with van der Waals surface area (Å²) in [6, 6.07) is 4.96. The van der Waals surface area contributed by atoms with Crippen LogP contribution >= 0.6 is 11.6 Å². The third-order valence-corrected chi connectivity index (χ3v) is 4.60. The van der Waals surface area contributed by atoms with Gasteiger partial charge in [-0.15, -0.1) is 0 Å². The second-order valence-electron chi connectivity index (χ2n) is 6.06. The van der Waals surface area contributed by atoms with E-state index in [-0.39, 0.29) is 23.7 Å². The summed E-state index contributed by atoms with van der Waals surface area (Å²) in [5.41, 5.74) is 0.549. The van der Waals surface area contributed by atoms with Crippen molar-refractivity contribution >= 4 is 17.5 Å². The number of nitrogens with zero attached hydrogens (tertiary/aromatic N) is 1. The van der Waals surface area contributed by atoms with Crippen molar-refractivity contribution in [1.82, 2.24) is 10.2 Å². The molecular formula is C16H20ClFN2O. The summed E-state index contributed by atoms with van der Waals surface area (Å²) < 4.78 is 13.8. The summed E-state index contributed by atoms with van der Waals surface area (Å²) in [4.78, 5) is 14.0. The van der Waals surface area contributed by atoms with Gasteiger partial charge in [0.1, 0.15) is 5.82 Å². The van der Waals surface area contributed by atoms with Gasteiger partial charge in [0.2, 0.25) is 5.91 Å². The maximum atomic E-state index is 13.8. The second-order valence-corrected chi connectivity index (χ2v) is 6.46. The van der Waals surface area contributed by atoms with Crippen LogP contribution in [0.25, 0.3) is 0 Å². The minimum Gasteiger partial charge on any atom is -0.352 e. The van der Waals surface area contributed by atoms with Crippen LogP contribution in [0.3, 0.4) is 0 Å². The summed E-state index contributed by atoms with van der Waals surface area (Å²) >= 11 is 6.08. The zero-order chi connectivity index (χ0) is 14.8. The Morgan fingerprint density at radius 3 is 2.90 bits per heavy atom. The van der Waals surface area contributed by atoms with E-state index >= 15 is 0 Å². The topological polar surface area (TPSA) is 32.3 Å². The van der Waals surface area contributed by atoms with Crippen molar-refractivity contribution in [2.45, 2.75) is 38.3 Å². The molecule has 0 bridgehead atoms. The zero-order valence-corrected chi connectivity index (χ0v) is 12.7. The number of carbonyl (C=O) groups is 1. The van der Waals surface area contributed by atoms with E-state index in [0.717, 1.165) is 38.8 Å². The maximum Gasteiger partial charge on any atom is 0.223 e. The lowest BCUT2D eigenvalue weighted by Gasteiger charge is -2.33. The fraction of sp³-hybridized carbons (Fsp3) is 0.562. The van der Waals surface area contributed by atoms with E-state index in [1.807, 2.05) is 0 Å². The van der Waals surface area contributed by atoms with Gasteiger partial charge in [-0.3, -0.25) is 9.69 Å². The van der Waals surface area contributed by atoms with Crippen LogP contribution in [0.5, 0.6) is 0 Å². The number of likely N-dealkylation sites (tertiary alicyclic amines) is 1. The number of hydrogen-bond donors (Lipinski definition) is 1. The highest BCUT2D eigenvalue weighted by atomic mass is 35.5. The van der Waals surface area contributed by atoms with Crippen molar-refractivity contribution < 1.29 is 9.18 Å². The number of piperidine rings is 1. The van der Waals surface area contributed by atoms with E-state index in [4.69, 9.17) is 11.6 Å². The molecule has 1 unspecified atom stereocenters. The van der Waals surface area contributed by atoms with Gasteiger partial charge in [0.25, 0.3) is 0 Å². The van der Waals surface area contributed by atoms with Crippen LogP contribution < -0.4 is 5.32 Å². The number of nitrogens with one attached hydrogen (secondary N) is 1. The van der Waals surface area contributed by atoms with Crippen molar-refractivity contribution in [1.29, 1.82) is 0 Å². The minimum absolute atomic E-state index is 0.178. The summed E-state index contributed by atoms with van der Waals surface area (Å²) in [7, 11) is 0. The summed E-state index contributed by atoms with van der Waals surface area (Å²) in [5.74, 6) is 0.166. The Morgan fingerprint density at radius 2 is 2.19 bits per heavy atom. The third kappa shape index (κ3) is 3.74. The molecule has 1 aliphatic carbocycles. The van der Waals surface area contributed by atoms with Gasteiger partial charge in [0.15, 0.2) is 0 Å². The Balaban J connectivity index is 1.59.